The van der Waals surface area contributed by atoms with E-state index in [1.807, 2.05) is 0 Å². The first-order chi connectivity index (χ1) is 9.45. The van der Waals surface area contributed by atoms with E-state index in [-0.39, 0.29) is 0 Å². The van der Waals surface area contributed by atoms with E-state index >= 15 is 0 Å². The quantitative estimate of drug-likeness (QED) is 0.539. The van der Waals surface area contributed by atoms with E-state index in [9.17, 15) is 0 Å². The molecule has 1 aliphatic heterocycles. The third kappa shape index (κ3) is 1.03. The lowest BCUT2D eigenvalue weighted by atomic mass is 9.94. The average Bonchev–Trinajstić information content (AvgIpc) is 2.99. The van der Waals surface area contributed by atoms with Crippen molar-refractivity contribution in [2.75, 3.05) is 0 Å². The Morgan fingerprint density at radius 3 is 2.84 bits per heavy atom. The van der Waals surface area contributed by atoms with Gasteiger partial charge in [0, 0.05) is 21.9 Å². The smallest absolute Gasteiger partial charge is 0.0633 e. The molecule has 1 aliphatic carbocycles. The second kappa shape index (κ2) is 3.18. The van der Waals surface area contributed by atoms with Gasteiger partial charge in [-0.2, -0.15) is 0 Å². The summed E-state index contributed by atoms with van der Waals surface area (Å²) in [6, 6.07) is 16.0. The van der Waals surface area contributed by atoms with Crippen LogP contribution in [0.1, 0.15) is 18.0 Å². The second-order valence-corrected chi connectivity index (χ2v) is 5.39. The Kier molecular flexibility index (Phi) is 1.61. The topological polar surface area (TPSA) is 4.93 Å². The van der Waals surface area contributed by atoms with Crippen molar-refractivity contribution in [1.82, 2.24) is 4.57 Å². The summed E-state index contributed by atoms with van der Waals surface area (Å²) in [4.78, 5) is 0. The molecule has 1 unspecified atom stereocenters. The molecular weight excluding hydrogens is 230 g/mol. The fourth-order valence-corrected chi connectivity index (χ4v) is 3.74. The minimum Gasteiger partial charge on any atom is -0.332 e. The van der Waals surface area contributed by atoms with Crippen molar-refractivity contribution in [3.05, 3.63) is 66.3 Å². The number of hydrogen-bond acceptors (Lipinski definition) is 0. The average molecular weight is 243 g/mol. The Labute approximate surface area is 111 Å². The molecule has 1 atom stereocenters. The van der Waals surface area contributed by atoms with Crippen molar-refractivity contribution >= 4 is 27.4 Å². The molecule has 1 nitrogen and oxygen atoms in total. The number of allylic oxidation sites excluding steroid dienone is 4. The molecule has 2 aliphatic rings. The molecule has 0 N–H and O–H groups in total. The molecule has 0 spiro atoms. The fourth-order valence-electron chi connectivity index (χ4n) is 3.74. The van der Waals surface area contributed by atoms with Crippen molar-refractivity contribution < 1.29 is 0 Å². The summed E-state index contributed by atoms with van der Waals surface area (Å²) in [5.74, 6) is 0. The zero-order valence-electron chi connectivity index (χ0n) is 10.5. The molecule has 0 saturated carbocycles. The Hall–Kier alpha value is -2.28. The maximum absolute atomic E-state index is 2.54. The summed E-state index contributed by atoms with van der Waals surface area (Å²) >= 11 is 0. The Morgan fingerprint density at radius 1 is 0.947 bits per heavy atom. The van der Waals surface area contributed by atoms with Crippen LogP contribution in [-0.4, -0.2) is 4.57 Å². The molecule has 2 heterocycles. The molecule has 0 fully saturated rings. The van der Waals surface area contributed by atoms with Crippen LogP contribution in [0.2, 0.25) is 0 Å². The van der Waals surface area contributed by atoms with Gasteiger partial charge in [0.1, 0.15) is 0 Å². The Balaban J connectivity index is 2.07. The van der Waals surface area contributed by atoms with E-state index in [2.05, 4.69) is 65.3 Å². The summed E-state index contributed by atoms with van der Waals surface area (Å²) in [5.41, 5.74) is 5.69. The van der Waals surface area contributed by atoms with Crippen LogP contribution in [0, 0.1) is 0 Å². The molecule has 0 bridgehead atoms. The molecule has 0 radical (unpaired) electrons. The minimum absolute atomic E-state index is 0.491. The van der Waals surface area contributed by atoms with Crippen molar-refractivity contribution in [1.29, 1.82) is 0 Å². The van der Waals surface area contributed by atoms with Crippen LogP contribution < -0.4 is 0 Å². The van der Waals surface area contributed by atoms with E-state index in [0.717, 1.165) is 6.42 Å². The van der Waals surface area contributed by atoms with E-state index in [0.29, 0.717) is 6.04 Å². The van der Waals surface area contributed by atoms with Crippen molar-refractivity contribution in [2.45, 2.75) is 12.5 Å². The number of benzene rings is 2. The first-order valence-corrected chi connectivity index (χ1v) is 6.84. The summed E-state index contributed by atoms with van der Waals surface area (Å²) in [5, 5.41) is 2.77. The largest absolute Gasteiger partial charge is 0.332 e. The zero-order valence-corrected chi connectivity index (χ0v) is 10.5. The highest BCUT2D eigenvalue weighted by molar-refractivity contribution is 6.14. The predicted molar refractivity (Wildman–Crippen MR) is 80.2 cm³/mol. The Bertz CT molecular complexity index is 893. The lowest BCUT2D eigenvalue weighted by Crippen LogP contribution is -2.05. The number of aromatic nitrogens is 1. The highest BCUT2D eigenvalue weighted by atomic mass is 15.0. The van der Waals surface area contributed by atoms with Crippen LogP contribution >= 0.6 is 0 Å². The van der Waals surface area contributed by atoms with Gasteiger partial charge in [-0.25, -0.2) is 0 Å². The molecule has 90 valence electrons. The standard InChI is InChI=1S/C18H13N/c1-3-10-16-12(6-1)14-8-5-9-15-13-7-2-4-11-17(13)19(16)18(14)15/h1-10,17H,11H2. The number of nitrogens with zero attached hydrogens (tertiary/aromatic N) is 1. The van der Waals surface area contributed by atoms with Gasteiger partial charge in [0.15, 0.2) is 0 Å². The predicted octanol–water partition coefficient (Wildman–Crippen LogP) is 4.69. The van der Waals surface area contributed by atoms with E-state index in [4.69, 9.17) is 0 Å². The molecule has 0 amide bonds. The lowest BCUT2D eigenvalue weighted by Gasteiger charge is -2.18. The van der Waals surface area contributed by atoms with E-state index in [1.54, 1.807) is 0 Å². The Morgan fingerprint density at radius 2 is 1.84 bits per heavy atom. The van der Waals surface area contributed by atoms with Crippen LogP contribution in [0.5, 0.6) is 0 Å². The van der Waals surface area contributed by atoms with Crippen LogP contribution in [0.4, 0.5) is 0 Å². The highest BCUT2D eigenvalue weighted by Gasteiger charge is 2.31. The normalized spacial score (nSPS) is 20.0. The van der Waals surface area contributed by atoms with Gasteiger partial charge in [-0.1, -0.05) is 54.6 Å². The first-order valence-electron chi connectivity index (χ1n) is 6.84. The van der Waals surface area contributed by atoms with Gasteiger partial charge in [-0.3, -0.25) is 0 Å². The van der Waals surface area contributed by atoms with Crippen LogP contribution in [0.3, 0.4) is 0 Å². The second-order valence-electron chi connectivity index (χ2n) is 5.39. The molecule has 19 heavy (non-hydrogen) atoms. The number of hydrogen-bond donors (Lipinski definition) is 0. The first kappa shape index (κ1) is 9.62. The summed E-state index contributed by atoms with van der Waals surface area (Å²) in [7, 11) is 0. The van der Waals surface area contributed by atoms with E-state index in [1.165, 1.54) is 32.9 Å². The molecular formula is C18H13N. The third-order valence-corrected chi connectivity index (χ3v) is 4.48. The summed E-state index contributed by atoms with van der Waals surface area (Å²) < 4.78 is 2.54. The maximum atomic E-state index is 2.54. The van der Waals surface area contributed by atoms with Crippen molar-refractivity contribution in [2.24, 2.45) is 0 Å². The highest BCUT2D eigenvalue weighted by Crippen LogP contribution is 2.48. The lowest BCUT2D eigenvalue weighted by molar-refractivity contribution is 0.684. The van der Waals surface area contributed by atoms with Gasteiger partial charge < -0.3 is 4.57 Å². The molecule has 5 rings (SSSR count). The monoisotopic (exact) mass is 243 g/mol. The van der Waals surface area contributed by atoms with Gasteiger partial charge in [0.25, 0.3) is 0 Å². The molecule has 1 aromatic heterocycles. The summed E-state index contributed by atoms with van der Waals surface area (Å²) in [6.45, 7) is 0. The van der Waals surface area contributed by atoms with Gasteiger partial charge in [0.2, 0.25) is 0 Å². The van der Waals surface area contributed by atoms with Crippen LogP contribution in [-0.2, 0) is 0 Å². The van der Waals surface area contributed by atoms with Crippen LogP contribution in [0.25, 0.3) is 27.4 Å². The van der Waals surface area contributed by atoms with Gasteiger partial charge in [0.05, 0.1) is 11.6 Å². The molecule has 2 aromatic carbocycles. The van der Waals surface area contributed by atoms with Crippen molar-refractivity contribution in [3.63, 3.8) is 0 Å². The van der Waals surface area contributed by atoms with E-state index < -0.39 is 0 Å². The van der Waals surface area contributed by atoms with Gasteiger partial charge in [-0.15, -0.1) is 0 Å². The maximum Gasteiger partial charge on any atom is 0.0633 e. The van der Waals surface area contributed by atoms with Gasteiger partial charge >= 0.3 is 0 Å². The van der Waals surface area contributed by atoms with Crippen molar-refractivity contribution in [3.8, 4) is 0 Å². The zero-order chi connectivity index (χ0) is 12.4. The number of fused-ring (bicyclic) bond motifs is 6. The minimum atomic E-state index is 0.491. The number of para-hydroxylation sites is 2. The molecule has 1 heteroatoms. The fraction of sp³-hybridized carbons (Fsp3) is 0.111. The molecule has 0 saturated heterocycles. The SMILES string of the molecule is C1=CCC2C(=C1)c1cccc3c4ccccc4n2c13. The van der Waals surface area contributed by atoms with Crippen LogP contribution in [0.15, 0.2) is 60.7 Å². The summed E-state index contributed by atoms with van der Waals surface area (Å²) in [6.07, 6.45) is 7.86. The third-order valence-electron chi connectivity index (χ3n) is 4.48. The van der Waals surface area contributed by atoms with Gasteiger partial charge in [-0.05, 0) is 18.1 Å². The number of rotatable bonds is 0. The molecule has 3 aromatic rings.